The number of carbonyl (C=O) groups excluding carboxylic acids is 2. The number of ether oxygens (including phenoxy) is 2. The summed E-state index contributed by atoms with van der Waals surface area (Å²) in [5.41, 5.74) is 0. The van der Waals surface area contributed by atoms with Crippen LogP contribution in [0.15, 0.2) is 0 Å². The Bertz CT molecular complexity index is 229. The van der Waals surface area contributed by atoms with Crippen LogP contribution in [0.5, 0.6) is 0 Å². The summed E-state index contributed by atoms with van der Waals surface area (Å²) in [6.45, 7) is 3.44. The van der Waals surface area contributed by atoms with E-state index in [0.29, 0.717) is 26.1 Å². The van der Waals surface area contributed by atoms with E-state index in [-0.39, 0.29) is 18.0 Å². The first-order chi connectivity index (χ1) is 6.69. The highest BCUT2D eigenvalue weighted by atomic mass is 16.5. The third-order valence-corrected chi connectivity index (χ3v) is 2.10. The van der Waals surface area contributed by atoms with Crippen molar-refractivity contribution >= 4 is 11.9 Å². The minimum absolute atomic E-state index is 0.139. The highest BCUT2D eigenvalue weighted by Gasteiger charge is 2.41. The molecule has 0 saturated carbocycles. The largest absolute Gasteiger partial charge is 0.469 e. The van der Waals surface area contributed by atoms with Crippen molar-refractivity contribution in [3.8, 4) is 0 Å². The van der Waals surface area contributed by atoms with Gasteiger partial charge in [-0.2, -0.15) is 0 Å². The summed E-state index contributed by atoms with van der Waals surface area (Å²) in [6, 6.07) is -0.139. The van der Waals surface area contributed by atoms with Crippen molar-refractivity contribution in [2.24, 2.45) is 0 Å². The van der Waals surface area contributed by atoms with Crippen LogP contribution < -0.4 is 0 Å². The molecule has 0 aromatic rings. The summed E-state index contributed by atoms with van der Waals surface area (Å²) < 4.78 is 9.32. The maximum atomic E-state index is 11.1. The average molecular weight is 201 g/mol. The van der Waals surface area contributed by atoms with Gasteiger partial charge in [-0.3, -0.25) is 14.5 Å². The summed E-state index contributed by atoms with van der Waals surface area (Å²) in [5.74, 6) is -0.447. The lowest BCUT2D eigenvalue weighted by Gasteiger charge is -2.02. The molecule has 14 heavy (non-hydrogen) atoms. The molecular weight excluding hydrogens is 186 g/mol. The molecule has 1 fully saturated rings. The topological polar surface area (TPSA) is 55.6 Å². The predicted octanol–water partition coefficient (Wildman–Crippen LogP) is -0.203. The molecule has 0 spiro atoms. The van der Waals surface area contributed by atoms with E-state index < -0.39 is 0 Å². The van der Waals surface area contributed by atoms with Crippen molar-refractivity contribution in [3.63, 3.8) is 0 Å². The molecule has 0 aromatic heterocycles. The van der Waals surface area contributed by atoms with E-state index in [1.807, 2.05) is 4.90 Å². The lowest BCUT2D eigenvalue weighted by atomic mass is 10.4. The standard InChI is InChI=1S/C9H15NO4/c1-3-14-9(12)7-6-10(7)5-4-8(11)13-2/h7H,3-6H2,1-2H3. The molecule has 2 unspecified atom stereocenters. The van der Waals surface area contributed by atoms with E-state index in [1.54, 1.807) is 6.92 Å². The fraction of sp³-hybridized carbons (Fsp3) is 0.778. The van der Waals surface area contributed by atoms with E-state index in [1.165, 1.54) is 7.11 Å². The van der Waals surface area contributed by atoms with Crippen LogP contribution in [0.25, 0.3) is 0 Å². The number of hydrogen-bond donors (Lipinski definition) is 0. The lowest BCUT2D eigenvalue weighted by molar-refractivity contribution is -0.144. The van der Waals surface area contributed by atoms with Crippen LogP contribution in [0.2, 0.25) is 0 Å². The molecule has 0 aliphatic carbocycles. The van der Waals surface area contributed by atoms with Crippen molar-refractivity contribution < 1.29 is 19.1 Å². The molecular formula is C9H15NO4. The Hall–Kier alpha value is -1.10. The highest BCUT2D eigenvalue weighted by Crippen LogP contribution is 2.18. The van der Waals surface area contributed by atoms with Crippen LogP contribution in [0, 0.1) is 0 Å². The first-order valence-electron chi connectivity index (χ1n) is 4.66. The number of rotatable bonds is 5. The monoisotopic (exact) mass is 201 g/mol. The fourth-order valence-corrected chi connectivity index (χ4v) is 1.22. The Morgan fingerprint density at radius 3 is 2.79 bits per heavy atom. The van der Waals surface area contributed by atoms with Crippen LogP contribution in [0.3, 0.4) is 0 Å². The van der Waals surface area contributed by atoms with Crippen molar-refractivity contribution in [3.05, 3.63) is 0 Å². The molecule has 0 bridgehead atoms. The Morgan fingerprint density at radius 2 is 2.21 bits per heavy atom. The maximum absolute atomic E-state index is 11.1. The van der Waals surface area contributed by atoms with Crippen molar-refractivity contribution in [1.82, 2.24) is 4.90 Å². The SMILES string of the molecule is CCOC(=O)C1CN1CCC(=O)OC. The highest BCUT2D eigenvalue weighted by molar-refractivity contribution is 5.79. The van der Waals surface area contributed by atoms with Crippen molar-refractivity contribution in [1.29, 1.82) is 0 Å². The Kier molecular flexibility index (Phi) is 3.88. The summed E-state index contributed by atoms with van der Waals surface area (Å²) in [5, 5.41) is 0. The molecule has 1 saturated heterocycles. The average Bonchev–Trinajstić information content (AvgIpc) is 2.94. The van der Waals surface area contributed by atoms with Gasteiger partial charge in [0.2, 0.25) is 0 Å². The van der Waals surface area contributed by atoms with Gasteiger partial charge in [-0.1, -0.05) is 0 Å². The zero-order valence-corrected chi connectivity index (χ0v) is 8.49. The van der Waals surface area contributed by atoms with Crippen molar-refractivity contribution in [2.45, 2.75) is 19.4 Å². The molecule has 2 atom stereocenters. The molecule has 1 aliphatic rings. The Morgan fingerprint density at radius 1 is 1.50 bits per heavy atom. The van der Waals surface area contributed by atoms with Crippen LogP contribution in [-0.2, 0) is 19.1 Å². The quantitative estimate of drug-likeness (QED) is 0.455. The second kappa shape index (κ2) is 4.95. The molecule has 1 aliphatic heterocycles. The zero-order valence-electron chi connectivity index (χ0n) is 8.49. The van der Waals surface area contributed by atoms with Crippen LogP contribution >= 0.6 is 0 Å². The normalized spacial score (nSPS) is 24.1. The van der Waals surface area contributed by atoms with Gasteiger partial charge in [0.1, 0.15) is 6.04 Å². The van der Waals surface area contributed by atoms with Gasteiger partial charge in [-0.05, 0) is 6.92 Å². The third-order valence-electron chi connectivity index (χ3n) is 2.10. The molecule has 0 amide bonds. The fourth-order valence-electron chi connectivity index (χ4n) is 1.22. The van der Waals surface area contributed by atoms with Gasteiger partial charge in [0.15, 0.2) is 0 Å². The minimum Gasteiger partial charge on any atom is -0.469 e. The van der Waals surface area contributed by atoms with E-state index in [2.05, 4.69) is 4.74 Å². The van der Waals surface area contributed by atoms with Gasteiger partial charge in [-0.25, -0.2) is 0 Å². The smallest absolute Gasteiger partial charge is 0.324 e. The molecule has 80 valence electrons. The van der Waals surface area contributed by atoms with Crippen molar-refractivity contribution in [2.75, 3.05) is 26.8 Å². The maximum Gasteiger partial charge on any atom is 0.324 e. The molecule has 0 N–H and O–H groups in total. The van der Waals surface area contributed by atoms with Gasteiger partial charge in [0, 0.05) is 13.1 Å². The number of carbonyl (C=O) groups is 2. The van der Waals surface area contributed by atoms with E-state index in [4.69, 9.17) is 4.74 Å². The van der Waals surface area contributed by atoms with E-state index >= 15 is 0 Å². The minimum atomic E-state index is -0.250. The molecule has 1 rings (SSSR count). The molecule has 5 heteroatoms. The molecule has 0 radical (unpaired) electrons. The zero-order chi connectivity index (χ0) is 10.6. The third kappa shape index (κ3) is 2.99. The number of methoxy groups -OCH3 is 1. The summed E-state index contributed by atoms with van der Waals surface area (Å²) in [7, 11) is 1.35. The second-order valence-corrected chi connectivity index (χ2v) is 3.09. The first kappa shape index (κ1) is 11.0. The molecule has 0 aromatic carbocycles. The second-order valence-electron chi connectivity index (χ2n) is 3.09. The first-order valence-corrected chi connectivity index (χ1v) is 4.66. The van der Waals surface area contributed by atoms with Gasteiger partial charge in [0.25, 0.3) is 0 Å². The van der Waals surface area contributed by atoms with Gasteiger partial charge >= 0.3 is 11.9 Å². The van der Waals surface area contributed by atoms with Gasteiger partial charge in [-0.15, -0.1) is 0 Å². The number of hydrogen-bond acceptors (Lipinski definition) is 5. The van der Waals surface area contributed by atoms with E-state index in [0.717, 1.165) is 0 Å². The predicted molar refractivity (Wildman–Crippen MR) is 48.6 cm³/mol. The van der Waals surface area contributed by atoms with E-state index in [9.17, 15) is 9.59 Å². The van der Waals surface area contributed by atoms with Crippen LogP contribution in [0.1, 0.15) is 13.3 Å². The summed E-state index contributed by atoms with van der Waals surface area (Å²) >= 11 is 0. The number of esters is 2. The number of nitrogens with zero attached hydrogens (tertiary/aromatic N) is 1. The van der Waals surface area contributed by atoms with Gasteiger partial charge in [0.05, 0.1) is 20.1 Å². The van der Waals surface area contributed by atoms with Gasteiger partial charge < -0.3 is 9.47 Å². The Labute approximate surface area is 83.0 Å². The molecule has 1 heterocycles. The lowest BCUT2D eigenvalue weighted by Crippen LogP contribution is -2.18. The summed E-state index contributed by atoms with van der Waals surface area (Å²) in [6.07, 6.45) is 0.326. The van der Waals surface area contributed by atoms with Crippen LogP contribution in [0.4, 0.5) is 0 Å². The Balaban J connectivity index is 2.13. The van der Waals surface area contributed by atoms with Crippen LogP contribution in [-0.4, -0.2) is 49.7 Å². The summed E-state index contributed by atoms with van der Waals surface area (Å²) in [4.78, 5) is 23.8. The molecule has 5 nitrogen and oxygen atoms in total.